The van der Waals surface area contributed by atoms with Gasteiger partial charge in [0.2, 0.25) is 0 Å². The highest BCUT2D eigenvalue weighted by Crippen LogP contribution is 2.43. The molecule has 258 valence electrons. The van der Waals surface area contributed by atoms with E-state index in [-0.39, 0.29) is 0 Å². The van der Waals surface area contributed by atoms with Crippen LogP contribution in [0.4, 0.5) is 0 Å². The number of nitrogens with zero attached hydrogens (tertiary/aromatic N) is 3. The minimum absolute atomic E-state index is 0.915. The fraction of sp³-hybridized carbons (Fsp3) is 0.143. The molecule has 52 heavy (non-hydrogen) atoms. The molecule has 0 spiro atoms. The van der Waals surface area contributed by atoms with Crippen LogP contribution in [0.5, 0.6) is 0 Å². The van der Waals surface area contributed by atoms with Crippen LogP contribution in [0.2, 0.25) is 0 Å². The topological polar surface area (TPSA) is 14.8 Å². The van der Waals surface area contributed by atoms with Crippen LogP contribution in [-0.2, 0) is 12.8 Å². The number of para-hydroxylation sites is 2. The Hall–Kier alpha value is -6.06. The van der Waals surface area contributed by atoms with Gasteiger partial charge < -0.3 is 13.7 Å². The third-order valence-corrected chi connectivity index (χ3v) is 10.7. The molecule has 3 heteroatoms. The molecule has 7 rings (SSSR count). The molecule has 0 radical (unpaired) electrons. The maximum Gasteiger partial charge on any atom is 0.0534 e. The second kappa shape index (κ2) is 14.3. The van der Waals surface area contributed by atoms with E-state index < -0.39 is 0 Å². The Kier molecular flexibility index (Phi) is 9.45. The van der Waals surface area contributed by atoms with Gasteiger partial charge in [0.15, 0.2) is 0 Å². The van der Waals surface area contributed by atoms with Gasteiger partial charge in [-0.05, 0) is 112 Å². The summed E-state index contributed by atoms with van der Waals surface area (Å²) in [6.45, 7) is 27.5. The predicted octanol–water partition coefficient (Wildman–Crippen LogP) is 13.1. The molecule has 0 bridgehead atoms. The number of rotatable bonds is 11. The van der Waals surface area contributed by atoms with E-state index in [0.717, 1.165) is 76.4 Å². The van der Waals surface area contributed by atoms with Crippen molar-refractivity contribution in [1.29, 1.82) is 0 Å². The lowest BCUT2D eigenvalue weighted by atomic mass is 9.89. The fourth-order valence-electron chi connectivity index (χ4n) is 8.41. The van der Waals surface area contributed by atoms with Gasteiger partial charge in [0.25, 0.3) is 0 Å². The van der Waals surface area contributed by atoms with Gasteiger partial charge in [0, 0.05) is 67.4 Å². The standard InChI is InChI=1S/C49H47N3/c1-9-21-36(11-3)51-46(15-7)40(13-5)44-32-38(27-29-49(44)51)52-47-25-20-19-24-41(47)43-31-35(26-28-48(43)52)34(10-2)30-42-33(8)50(37-22-17-16-18-23-37)45(14-6)39(42)12-4/h9-25,30-32H,2,4-7,26-29H2,1,3,8H3/b21-9-,34-30+,36-11+. The summed E-state index contributed by atoms with van der Waals surface area (Å²) in [5, 5.41) is 1.27. The monoisotopic (exact) mass is 677 g/mol. The van der Waals surface area contributed by atoms with Crippen LogP contribution in [0.3, 0.4) is 0 Å². The number of hydrogen-bond acceptors (Lipinski definition) is 0. The lowest BCUT2D eigenvalue weighted by molar-refractivity contribution is 0.824. The molecule has 0 fully saturated rings. The third kappa shape index (κ3) is 5.45. The van der Waals surface area contributed by atoms with Crippen molar-refractivity contribution in [3.63, 3.8) is 0 Å². The van der Waals surface area contributed by atoms with Crippen LogP contribution in [0.25, 0.3) is 70.5 Å². The molecule has 0 saturated carbocycles. The van der Waals surface area contributed by atoms with E-state index >= 15 is 0 Å². The van der Waals surface area contributed by atoms with Crippen molar-refractivity contribution in [3.05, 3.63) is 179 Å². The minimum Gasteiger partial charge on any atom is -0.317 e. The molecular weight excluding hydrogens is 631 g/mol. The maximum absolute atomic E-state index is 4.30. The van der Waals surface area contributed by atoms with E-state index in [0.29, 0.717) is 0 Å². The van der Waals surface area contributed by atoms with Crippen LogP contribution in [0.15, 0.2) is 123 Å². The van der Waals surface area contributed by atoms with Crippen LogP contribution in [0.1, 0.15) is 83.0 Å². The molecule has 0 unspecified atom stereocenters. The van der Waals surface area contributed by atoms with Crippen molar-refractivity contribution < 1.29 is 0 Å². The zero-order valence-electron chi connectivity index (χ0n) is 30.8. The molecule has 0 N–H and O–H groups in total. The van der Waals surface area contributed by atoms with Crippen LogP contribution in [-0.4, -0.2) is 13.7 Å². The Morgan fingerprint density at radius 3 is 2.06 bits per heavy atom. The summed E-state index contributed by atoms with van der Waals surface area (Å²) in [7, 11) is 0. The molecule has 5 aromatic rings. The van der Waals surface area contributed by atoms with Gasteiger partial charge in [0.05, 0.1) is 16.9 Å². The van der Waals surface area contributed by atoms with E-state index in [1.807, 2.05) is 36.4 Å². The highest BCUT2D eigenvalue weighted by molar-refractivity contribution is 5.98. The van der Waals surface area contributed by atoms with Gasteiger partial charge in [0.1, 0.15) is 0 Å². The molecule has 0 atom stereocenters. The van der Waals surface area contributed by atoms with E-state index in [2.05, 4.69) is 152 Å². The first-order valence-electron chi connectivity index (χ1n) is 18.2. The summed E-state index contributed by atoms with van der Waals surface area (Å²) in [5.74, 6) is 0. The Balaban J connectivity index is 1.37. The van der Waals surface area contributed by atoms with Crippen molar-refractivity contribution in [2.24, 2.45) is 0 Å². The average molecular weight is 678 g/mol. The lowest BCUT2D eigenvalue weighted by Gasteiger charge is -2.23. The summed E-state index contributed by atoms with van der Waals surface area (Å²) in [6.07, 6.45) is 27.1. The average Bonchev–Trinajstić information content (AvgIpc) is 3.79. The van der Waals surface area contributed by atoms with E-state index in [4.69, 9.17) is 0 Å². The highest BCUT2D eigenvalue weighted by atomic mass is 15.0. The molecule has 3 heterocycles. The van der Waals surface area contributed by atoms with E-state index in [9.17, 15) is 0 Å². The van der Waals surface area contributed by atoms with Gasteiger partial charge in [-0.2, -0.15) is 0 Å². The first-order valence-corrected chi connectivity index (χ1v) is 18.2. The smallest absolute Gasteiger partial charge is 0.0534 e. The van der Waals surface area contributed by atoms with Gasteiger partial charge in [-0.25, -0.2) is 0 Å². The summed E-state index contributed by atoms with van der Waals surface area (Å²) >= 11 is 0. The predicted molar refractivity (Wildman–Crippen MR) is 229 cm³/mol. The molecule has 2 aliphatic rings. The quantitative estimate of drug-likeness (QED) is 0.124. The van der Waals surface area contributed by atoms with Gasteiger partial charge in [-0.3, -0.25) is 0 Å². The first-order chi connectivity index (χ1) is 25.4. The molecule has 2 aromatic carbocycles. The Labute approximate surface area is 308 Å². The second-order valence-corrected chi connectivity index (χ2v) is 13.3. The van der Waals surface area contributed by atoms with Gasteiger partial charge in [-0.1, -0.05) is 99.7 Å². The lowest BCUT2D eigenvalue weighted by Crippen LogP contribution is -2.12. The molecular formula is C49H47N3. The second-order valence-electron chi connectivity index (χ2n) is 13.3. The normalized spacial score (nSPS) is 14.5. The number of allylic oxidation sites excluding steroid dienone is 8. The van der Waals surface area contributed by atoms with Crippen molar-refractivity contribution in [2.75, 3.05) is 0 Å². The van der Waals surface area contributed by atoms with Gasteiger partial charge >= 0.3 is 0 Å². The molecule has 0 amide bonds. The zero-order valence-corrected chi connectivity index (χ0v) is 30.8. The Morgan fingerprint density at radius 2 is 1.38 bits per heavy atom. The minimum atomic E-state index is 0.915. The summed E-state index contributed by atoms with van der Waals surface area (Å²) in [6, 6.07) is 19.3. The Morgan fingerprint density at radius 1 is 0.673 bits per heavy atom. The molecule has 2 aliphatic carbocycles. The van der Waals surface area contributed by atoms with Crippen LogP contribution < -0.4 is 0 Å². The molecule has 0 saturated heterocycles. The number of fused-ring (bicyclic) bond motifs is 4. The zero-order chi connectivity index (χ0) is 36.5. The van der Waals surface area contributed by atoms with Gasteiger partial charge in [-0.15, -0.1) is 0 Å². The van der Waals surface area contributed by atoms with E-state index in [1.165, 1.54) is 44.7 Å². The third-order valence-electron chi connectivity index (χ3n) is 10.7. The van der Waals surface area contributed by atoms with Crippen molar-refractivity contribution in [3.8, 4) is 5.69 Å². The number of hydrogen-bond donors (Lipinski definition) is 0. The summed E-state index contributed by atoms with van der Waals surface area (Å²) in [5.41, 5.74) is 19.1. The molecule has 3 aromatic heterocycles. The fourth-order valence-corrected chi connectivity index (χ4v) is 8.41. The molecule has 0 aliphatic heterocycles. The number of benzene rings is 2. The van der Waals surface area contributed by atoms with Crippen molar-refractivity contribution in [2.45, 2.75) is 46.5 Å². The first kappa shape index (κ1) is 34.4. The maximum atomic E-state index is 4.30. The van der Waals surface area contributed by atoms with Crippen molar-refractivity contribution >= 4 is 64.8 Å². The summed E-state index contributed by atoms with van der Waals surface area (Å²) < 4.78 is 7.17. The largest absolute Gasteiger partial charge is 0.317 e. The van der Waals surface area contributed by atoms with Crippen LogP contribution >= 0.6 is 0 Å². The van der Waals surface area contributed by atoms with Crippen LogP contribution in [0, 0.1) is 6.92 Å². The Bertz CT molecular complexity index is 2450. The highest BCUT2D eigenvalue weighted by Gasteiger charge is 2.28. The SMILES string of the molecule is C=C/C(=C\c1c(C=C)c(C=C)n(-c2ccccc2)c1C)C1=Cc2c(n(C3=Cc4c(C=C)c(C=C)n(C(/C=C\C)=C/C)c4CC3)c3ccccc23)CC1. The van der Waals surface area contributed by atoms with Crippen molar-refractivity contribution in [1.82, 2.24) is 13.7 Å². The number of aromatic nitrogens is 3. The summed E-state index contributed by atoms with van der Waals surface area (Å²) in [4.78, 5) is 0. The van der Waals surface area contributed by atoms with E-state index in [1.54, 1.807) is 0 Å². The molecule has 3 nitrogen and oxygen atoms in total.